The van der Waals surface area contributed by atoms with Crippen molar-refractivity contribution >= 4 is 29.0 Å². The van der Waals surface area contributed by atoms with Crippen molar-refractivity contribution in [2.45, 2.75) is 13.1 Å². The van der Waals surface area contributed by atoms with Crippen molar-refractivity contribution in [3.05, 3.63) is 58.6 Å². The molecule has 0 aliphatic heterocycles. The third-order valence-corrected chi connectivity index (χ3v) is 3.17. The summed E-state index contributed by atoms with van der Waals surface area (Å²) in [6.45, 7) is 1.83. The standard InChI is InChI=1S/C15H12ClF3N2O/c1-9-6-7-13(11(16)8-9)21-14(22)20-12-5-3-2-4-10(12)15(17,18)19/h2-8H,1H3,(H2,20,21,22). The van der Waals surface area contributed by atoms with E-state index in [-0.39, 0.29) is 5.69 Å². The van der Waals surface area contributed by atoms with Crippen molar-refractivity contribution in [2.75, 3.05) is 10.6 Å². The van der Waals surface area contributed by atoms with Crippen molar-refractivity contribution in [3.8, 4) is 0 Å². The van der Waals surface area contributed by atoms with E-state index in [1.165, 1.54) is 18.2 Å². The number of alkyl halides is 3. The molecule has 0 saturated heterocycles. The molecule has 116 valence electrons. The fraction of sp³-hybridized carbons (Fsp3) is 0.133. The van der Waals surface area contributed by atoms with Gasteiger partial charge in [-0.05, 0) is 36.8 Å². The van der Waals surface area contributed by atoms with Crippen molar-refractivity contribution in [1.82, 2.24) is 0 Å². The Labute approximate surface area is 130 Å². The van der Waals surface area contributed by atoms with Gasteiger partial charge in [0.25, 0.3) is 0 Å². The van der Waals surface area contributed by atoms with E-state index in [1.54, 1.807) is 18.2 Å². The molecule has 2 rings (SSSR count). The first-order valence-corrected chi connectivity index (χ1v) is 6.65. The van der Waals surface area contributed by atoms with Crippen molar-refractivity contribution in [1.29, 1.82) is 0 Å². The van der Waals surface area contributed by atoms with Gasteiger partial charge in [-0.1, -0.05) is 29.8 Å². The zero-order chi connectivity index (χ0) is 16.3. The van der Waals surface area contributed by atoms with Crippen molar-refractivity contribution in [2.24, 2.45) is 0 Å². The van der Waals surface area contributed by atoms with E-state index in [0.717, 1.165) is 11.6 Å². The lowest BCUT2D eigenvalue weighted by Crippen LogP contribution is -2.22. The Balaban J connectivity index is 2.16. The minimum atomic E-state index is -4.55. The molecule has 2 N–H and O–H groups in total. The summed E-state index contributed by atoms with van der Waals surface area (Å²) in [5.41, 5.74) is -0.0245. The van der Waals surface area contributed by atoms with Crippen LogP contribution in [-0.4, -0.2) is 6.03 Å². The van der Waals surface area contributed by atoms with Crippen LogP contribution < -0.4 is 10.6 Å². The Morgan fingerprint density at radius 2 is 1.68 bits per heavy atom. The van der Waals surface area contributed by atoms with Gasteiger partial charge in [-0.15, -0.1) is 0 Å². The van der Waals surface area contributed by atoms with Crippen LogP contribution in [0.15, 0.2) is 42.5 Å². The average molecular weight is 329 g/mol. The van der Waals surface area contributed by atoms with Crippen molar-refractivity contribution in [3.63, 3.8) is 0 Å². The number of rotatable bonds is 2. The predicted molar refractivity (Wildman–Crippen MR) is 80.3 cm³/mol. The topological polar surface area (TPSA) is 41.1 Å². The summed E-state index contributed by atoms with van der Waals surface area (Å²) in [5.74, 6) is 0. The number of urea groups is 1. The van der Waals surface area contributed by atoms with E-state index in [0.29, 0.717) is 10.7 Å². The van der Waals surface area contributed by atoms with Crippen LogP contribution in [0.1, 0.15) is 11.1 Å². The van der Waals surface area contributed by atoms with Crippen LogP contribution in [0.2, 0.25) is 5.02 Å². The molecule has 7 heteroatoms. The molecule has 2 amide bonds. The highest BCUT2D eigenvalue weighted by Gasteiger charge is 2.33. The number of para-hydroxylation sites is 1. The maximum absolute atomic E-state index is 12.8. The van der Waals surface area contributed by atoms with Crippen molar-refractivity contribution < 1.29 is 18.0 Å². The molecular weight excluding hydrogens is 317 g/mol. The monoisotopic (exact) mass is 328 g/mol. The molecule has 3 nitrogen and oxygen atoms in total. The zero-order valence-corrected chi connectivity index (χ0v) is 12.2. The molecule has 22 heavy (non-hydrogen) atoms. The first-order chi connectivity index (χ1) is 10.3. The van der Waals surface area contributed by atoms with E-state index in [9.17, 15) is 18.0 Å². The number of hydrogen-bond acceptors (Lipinski definition) is 1. The summed E-state index contributed by atoms with van der Waals surface area (Å²) in [6, 6.07) is 8.88. The lowest BCUT2D eigenvalue weighted by Gasteiger charge is -2.14. The van der Waals surface area contributed by atoms with Gasteiger partial charge in [0.05, 0.1) is 22.0 Å². The zero-order valence-electron chi connectivity index (χ0n) is 11.5. The molecule has 2 aromatic carbocycles. The highest BCUT2D eigenvalue weighted by Crippen LogP contribution is 2.34. The minimum Gasteiger partial charge on any atom is -0.307 e. The molecule has 0 heterocycles. The van der Waals surface area contributed by atoms with Gasteiger partial charge >= 0.3 is 12.2 Å². The summed E-state index contributed by atoms with van der Waals surface area (Å²) in [6.07, 6.45) is -4.55. The molecule has 0 spiro atoms. The van der Waals surface area contributed by atoms with Crippen LogP contribution in [0.25, 0.3) is 0 Å². The third kappa shape index (κ3) is 3.92. The van der Waals surface area contributed by atoms with E-state index >= 15 is 0 Å². The SMILES string of the molecule is Cc1ccc(NC(=O)Nc2ccccc2C(F)(F)F)c(Cl)c1. The number of aryl methyl sites for hydroxylation is 1. The van der Waals surface area contributed by atoms with Crippen LogP contribution in [0.5, 0.6) is 0 Å². The number of amides is 2. The van der Waals surface area contributed by atoms with Crippen LogP contribution >= 0.6 is 11.6 Å². The minimum absolute atomic E-state index is 0.305. The largest absolute Gasteiger partial charge is 0.418 e. The quantitative estimate of drug-likeness (QED) is 0.770. The molecular formula is C15H12ClF3N2O. The van der Waals surface area contributed by atoms with Crippen LogP contribution in [0, 0.1) is 6.92 Å². The molecule has 0 bridgehead atoms. The lowest BCUT2D eigenvalue weighted by atomic mass is 10.1. The number of anilines is 2. The number of hydrogen-bond donors (Lipinski definition) is 2. The highest BCUT2D eigenvalue weighted by molar-refractivity contribution is 6.33. The molecule has 0 saturated carbocycles. The molecule has 0 unspecified atom stereocenters. The van der Waals surface area contributed by atoms with Crippen LogP contribution in [-0.2, 0) is 6.18 Å². The maximum atomic E-state index is 12.8. The molecule has 0 aromatic heterocycles. The summed E-state index contributed by atoms with van der Waals surface area (Å²) in [7, 11) is 0. The predicted octanol–water partition coefficient (Wildman–Crippen LogP) is 5.31. The third-order valence-electron chi connectivity index (χ3n) is 2.85. The first-order valence-electron chi connectivity index (χ1n) is 6.28. The molecule has 0 fully saturated rings. The maximum Gasteiger partial charge on any atom is 0.418 e. The second-order valence-corrected chi connectivity index (χ2v) is 5.01. The number of carbonyl (C=O) groups excluding carboxylic acids is 1. The number of benzene rings is 2. The fourth-order valence-corrected chi connectivity index (χ4v) is 2.12. The fourth-order valence-electron chi connectivity index (χ4n) is 1.84. The Kier molecular flexibility index (Phi) is 4.61. The van der Waals surface area contributed by atoms with Gasteiger partial charge in [-0.2, -0.15) is 13.2 Å². The smallest absolute Gasteiger partial charge is 0.307 e. The Morgan fingerprint density at radius 3 is 2.32 bits per heavy atom. The molecule has 0 aliphatic carbocycles. The second kappa shape index (κ2) is 6.27. The van der Waals surface area contributed by atoms with Gasteiger partial charge in [-0.25, -0.2) is 4.79 Å². The number of halogens is 4. The Morgan fingerprint density at radius 1 is 1.05 bits per heavy atom. The van der Waals surface area contributed by atoms with E-state index in [4.69, 9.17) is 11.6 Å². The Hall–Kier alpha value is -2.21. The summed E-state index contributed by atoms with van der Waals surface area (Å²) in [5, 5.41) is 4.90. The average Bonchev–Trinajstić information content (AvgIpc) is 2.41. The van der Waals surface area contributed by atoms with E-state index < -0.39 is 17.8 Å². The van der Waals surface area contributed by atoms with Crippen LogP contribution in [0.4, 0.5) is 29.3 Å². The normalized spacial score (nSPS) is 11.1. The second-order valence-electron chi connectivity index (χ2n) is 4.61. The highest BCUT2D eigenvalue weighted by atomic mass is 35.5. The van der Waals surface area contributed by atoms with Gasteiger partial charge in [0, 0.05) is 0 Å². The van der Waals surface area contributed by atoms with Gasteiger partial charge in [-0.3, -0.25) is 0 Å². The number of nitrogens with one attached hydrogen (secondary N) is 2. The lowest BCUT2D eigenvalue weighted by molar-refractivity contribution is -0.136. The van der Waals surface area contributed by atoms with Gasteiger partial charge in [0.15, 0.2) is 0 Å². The van der Waals surface area contributed by atoms with Gasteiger partial charge in [0.2, 0.25) is 0 Å². The van der Waals surface area contributed by atoms with Gasteiger partial charge in [0.1, 0.15) is 0 Å². The van der Waals surface area contributed by atoms with Crippen LogP contribution in [0.3, 0.4) is 0 Å². The summed E-state index contributed by atoms with van der Waals surface area (Å²) in [4.78, 5) is 11.8. The molecule has 0 aliphatic rings. The summed E-state index contributed by atoms with van der Waals surface area (Å²) < 4.78 is 38.5. The summed E-state index contributed by atoms with van der Waals surface area (Å²) >= 11 is 5.96. The Bertz CT molecular complexity index is 701. The van der Waals surface area contributed by atoms with E-state index in [2.05, 4.69) is 10.6 Å². The first kappa shape index (κ1) is 16.2. The molecule has 0 radical (unpaired) electrons. The molecule has 2 aromatic rings. The van der Waals surface area contributed by atoms with E-state index in [1.807, 2.05) is 6.92 Å². The molecule has 0 atom stereocenters. The van der Waals surface area contributed by atoms with Gasteiger partial charge < -0.3 is 10.6 Å². The number of carbonyl (C=O) groups is 1.